The van der Waals surface area contributed by atoms with Gasteiger partial charge in [-0.2, -0.15) is 0 Å². The van der Waals surface area contributed by atoms with Crippen molar-refractivity contribution < 1.29 is 8.42 Å². The van der Waals surface area contributed by atoms with Gasteiger partial charge in [-0.05, 0) is 25.0 Å². The van der Waals surface area contributed by atoms with Gasteiger partial charge in [0.2, 0.25) is 0 Å². The zero-order valence-corrected chi connectivity index (χ0v) is 13.3. The number of hydrogen-bond donors (Lipinski definition) is 2. The fourth-order valence-electron chi connectivity index (χ4n) is 2.24. The van der Waals surface area contributed by atoms with Crippen molar-refractivity contribution >= 4 is 27.1 Å². The average Bonchev–Trinajstić information content (AvgIpc) is 3.07. The minimum Gasteiger partial charge on any atom is -0.370 e. The summed E-state index contributed by atoms with van der Waals surface area (Å²) in [6.45, 7) is 2.08. The Labute approximate surface area is 124 Å². The summed E-state index contributed by atoms with van der Waals surface area (Å²) in [6, 6.07) is 3.90. The van der Waals surface area contributed by atoms with Crippen LogP contribution in [0.3, 0.4) is 0 Å². The summed E-state index contributed by atoms with van der Waals surface area (Å²) in [5.74, 6) is 0.576. The number of nitrogens with one attached hydrogen (secondary N) is 1. The molecule has 1 fully saturated rings. The van der Waals surface area contributed by atoms with Crippen LogP contribution in [0.15, 0.2) is 21.3 Å². The maximum Gasteiger partial charge on any atom is 0.189 e. The molecule has 0 aromatic carbocycles. The first-order chi connectivity index (χ1) is 9.51. The monoisotopic (exact) mass is 315 g/mol. The van der Waals surface area contributed by atoms with Gasteiger partial charge in [-0.1, -0.05) is 19.8 Å². The quantitative estimate of drug-likeness (QED) is 0.642. The van der Waals surface area contributed by atoms with Crippen LogP contribution >= 0.6 is 11.3 Å². The van der Waals surface area contributed by atoms with Crippen molar-refractivity contribution in [3.05, 3.63) is 17.0 Å². The second-order valence-electron chi connectivity index (χ2n) is 4.95. The normalized spacial score (nSPS) is 17.6. The molecule has 3 N–H and O–H groups in total. The van der Waals surface area contributed by atoms with E-state index in [1.165, 1.54) is 24.2 Å². The van der Waals surface area contributed by atoms with Crippen LogP contribution in [0.5, 0.6) is 0 Å². The van der Waals surface area contributed by atoms with E-state index in [0.717, 1.165) is 17.7 Å². The third kappa shape index (κ3) is 3.96. The van der Waals surface area contributed by atoms with Crippen molar-refractivity contribution in [3.8, 4) is 0 Å². The highest BCUT2D eigenvalue weighted by atomic mass is 32.2. The Bertz CT molecular complexity index is 572. The van der Waals surface area contributed by atoms with E-state index in [0.29, 0.717) is 22.8 Å². The summed E-state index contributed by atoms with van der Waals surface area (Å²) in [7, 11) is -3.11. The molecule has 1 saturated carbocycles. The molecule has 2 rings (SSSR count). The minimum absolute atomic E-state index is 0.127. The lowest BCUT2D eigenvalue weighted by Crippen LogP contribution is -2.38. The molecule has 0 aliphatic heterocycles. The first kappa shape index (κ1) is 15.3. The van der Waals surface area contributed by atoms with Crippen molar-refractivity contribution in [2.24, 2.45) is 10.7 Å². The van der Waals surface area contributed by atoms with Gasteiger partial charge in [0.1, 0.15) is 4.21 Å². The van der Waals surface area contributed by atoms with Crippen molar-refractivity contribution in [3.63, 3.8) is 0 Å². The van der Waals surface area contributed by atoms with Gasteiger partial charge in [-0.25, -0.2) is 13.4 Å². The van der Waals surface area contributed by atoms with Crippen molar-refractivity contribution in [1.82, 2.24) is 5.32 Å². The van der Waals surface area contributed by atoms with E-state index in [1.807, 2.05) is 0 Å². The lowest BCUT2D eigenvalue weighted by Gasteiger charge is -2.11. The summed E-state index contributed by atoms with van der Waals surface area (Å²) in [5.41, 5.74) is 5.85. The number of rotatable bonds is 5. The second-order valence-corrected chi connectivity index (χ2v) is 8.62. The van der Waals surface area contributed by atoms with Crippen LogP contribution in [0.4, 0.5) is 0 Å². The third-order valence-electron chi connectivity index (χ3n) is 3.44. The Morgan fingerprint density at radius 3 is 2.80 bits per heavy atom. The largest absolute Gasteiger partial charge is 0.370 e. The lowest BCUT2D eigenvalue weighted by atomic mass is 10.2. The molecule has 7 heteroatoms. The molecule has 1 aromatic rings. The van der Waals surface area contributed by atoms with Gasteiger partial charge in [0.15, 0.2) is 15.8 Å². The van der Waals surface area contributed by atoms with E-state index in [4.69, 9.17) is 5.73 Å². The maximum atomic E-state index is 11.7. The molecule has 1 aliphatic carbocycles. The highest BCUT2D eigenvalue weighted by molar-refractivity contribution is 7.93. The molecule has 0 spiro atoms. The Kier molecular flexibility index (Phi) is 5.04. The molecule has 0 unspecified atom stereocenters. The number of aliphatic imine (C=N–C) groups is 1. The summed E-state index contributed by atoms with van der Waals surface area (Å²) >= 11 is 1.27. The Morgan fingerprint density at radius 1 is 1.45 bits per heavy atom. The number of nitrogens with zero attached hydrogens (tertiary/aromatic N) is 1. The van der Waals surface area contributed by atoms with E-state index in [1.54, 1.807) is 19.1 Å². The van der Waals surface area contributed by atoms with E-state index >= 15 is 0 Å². The Balaban J connectivity index is 1.93. The van der Waals surface area contributed by atoms with Crippen LogP contribution in [-0.2, 0) is 16.4 Å². The van der Waals surface area contributed by atoms with E-state index in [9.17, 15) is 8.42 Å². The van der Waals surface area contributed by atoms with Gasteiger partial charge in [-0.3, -0.25) is 0 Å². The highest BCUT2D eigenvalue weighted by Gasteiger charge is 2.16. The van der Waals surface area contributed by atoms with Gasteiger partial charge in [0.05, 0.1) is 12.3 Å². The first-order valence-corrected chi connectivity index (χ1v) is 9.36. The average molecular weight is 315 g/mol. The Morgan fingerprint density at radius 2 is 2.15 bits per heavy atom. The number of guanidine groups is 1. The molecule has 0 atom stereocenters. The lowest BCUT2D eigenvalue weighted by molar-refractivity contribution is 0.599. The standard InChI is InChI=1S/C13H21N3O2S2/c1-2-20(17,18)12-8-7-11(19-12)9-15-13(14)16-10-5-3-4-6-10/h7-8,10H,2-6,9H2,1H3,(H3,14,15,16). The molecule has 0 bridgehead atoms. The molecular weight excluding hydrogens is 294 g/mol. The van der Waals surface area contributed by atoms with E-state index in [-0.39, 0.29) is 5.75 Å². The predicted molar refractivity (Wildman–Crippen MR) is 82.8 cm³/mol. The van der Waals surface area contributed by atoms with Gasteiger partial charge >= 0.3 is 0 Å². The predicted octanol–water partition coefficient (Wildman–Crippen LogP) is 1.89. The molecule has 20 heavy (non-hydrogen) atoms. The second kappa shape index (κ2) is 6.58. The van der Waals surface area contributed by atoms with Crippen LogP contribution in [0.25, 0.3) is 0 Å². The van der Waals surface area contributed by atoms with Crippen LogP contribution in [0.1, 0.15) is 37.5 Å². The molecule has 112 valence electrons. The smallest absolute Gasteiger partial charge is 0.189 e. The van der Waals surface area contributed by atoms with Gasteiger partial charge in [-0.15, -0.1) is 11.3 Å². The molecule has 1 heterocycles. The Hall–Kier alpha value is -1.08. The zero-order valence-electron chi connectivity index (χ0n) is 11.6. The highest BCUT2D eigenvalue weighted by Crippen LogP contribution is 2.23. The van der Waals surface area contributed by atoms with Crippen LogP contribution in [0.2, 0.25) is 0 Å². The van der Waals surface area contributed by atoms with Crippen LogP contribution in [-0.4, -0.2) is 26.2 Å². The molecule has 1 aliphatic rings. The molecule has 1 aromatic heterocycles. The molecule has 0 radical (unpaired) electrons. The molecule has 0 saturated heterocycles. The van der Waals surface area contributed by atoms with Crippen LogP contribution < -0.4 is 11.1 Å². The fourth-order valence-corrected chi connectivity index (χ4v) is 4.64. The van der Waals surface area contributed by atoms with E-state index in [2.05, 4.69) is 10.3 Å². The number of hydrogen-bond acceptors (Lipinski definition) is 4. The van der Waals surface area contributed by atoms with E-state index < -0.39 is 9.84 Å². The fraction of sp³-hybridized carbons (Fsp3) is 0.615. The summed E-state index contributed by atoms with van der Waals surface area (Å²) in [5, 5.41) is 3.21. The number of thiophene rings is 1. The molecule has 0 amide bonds. The SMILES string of the molecule is CCS(=O)(=O)c1ccc(CN=C(N)NC2CCCC2)s1. The third-order valence-corrected chi connectivity index (χ3v) is 6.82. The first-order valence-electron chi connectivity index (χ1n) is 6.89. The number of sulfone groups is 1. The van der Waals surface area contributed by atoms with Crippen molar-refractivity contribution in [2.75, 3.05) is 5.75 Å². The summed E-state index contributed by atoms with van der Waals surface area (Å²) < 4.78 is 23.8. The molecular formula is C13H21N3O2S2. The minimum atomic E-state index is -3.11. The van der Waals surface area contributed by atoms with Gasteiger partial charge < -0.3 is 11.1 Å². The topological polar surface area (TPSA) is 84.5 Å². The number of nitrogens with two attached hydrogens (primary N) is 1. The maximum absolute atomic E-state index is 11.7. The zero-order chi connectivity index (χ0) is 14.6. The summed E-state index contributed by atoms with van der Waals surface area (Å²) in [4.78, 5) is 5.19. The molecule has 5 nitrogen and oxygen atoms in total. The van der Waals surface area contributed by atoms with Crippen molar-refractivity contribution in [2.45, 2.75) is 49.4 Å². The van der Waals surface area contributed by atoms with Crippen molar-refractivity contribution in [1.29, 1.82) is 0 Å². The summed E-state index contributed by atoms with van der Waals surface area (Å²) in [6.07, 6.45) is 4.78. The van der Waals surface area contributed by atoms with Gasteiger partial charge in [0, 0.05) is 10.9 Å². The van der Waals surface area contributed by atoms with Gasteiger partial charge in [0.25, 0.3) is 0 Å². The van der Waals surface area contributed by atoms with Crippen LogP contribution in [0, 0.1) is 0 Å².